The smallest absolute Gasteiger partial charge is 0.351 e. The molecule has 1 heterocycles. The number of rotatable bonds is 5. The number of methoxy groups -OCH3 is 1. The molecule has 1 aromatic carbocycles. The van der Waals surface area contributed by atoms with Crippen LogP contribution in [0.15, 0.2) is 24.3 Å². The summed E-state index contributed by atoms with van der Waals surface area (Å²) in [6, 6.07) is 7.46. The number of esters is 1. The van der Waals surface area contributed by atoms with Crippen molar-refractivity contribution in [3.8, 4) is 5.75 Å². The maximum Gasteiger partial charge on any atom is 0.351 e. The number of hydrogen-bond acceptors (Lipinski definition) is 6. The zero-order valence-corrected chi connectivity index (χ0v) is 12.5. The number of para-hydroxylation sites is 2. The lowest BCUT2D eigenvalue weighted by Gasteiger charge is -2.09. The molecule has 0 amide bonds. The van der Waals surface area contributed by atoms with E-state index in [0.29, 0.717) is 17.5 Å². The highest BCUT2D eigenvalue weighted by Gasteiger charge is 2.17. The number of hydrogen-bond donors (Lipinski definition) is 1. The molecule has 1 aromatic heterocycles. The number of nitrogens with one attached hydrogen (secondary N) is 1. The minimum absolute atomic E-state index is 0.123. The van der Waals surface area contributed by atoms with Gasteiger partial charge in [0.05, 0.1) is 19.4 Å². The molecule has 0 spiro atoms. The monoisotopic (exact) mass is 312 g/mol. The molecule has 0 aliphatic heterocycles. The maximum atomic E-state index is 11.5. The van der Waals surface area contributed by atoms with E-state index in [1.807, 2.05) is 31.2 Å². The fourth-order valence-corrected chi connectivity index (χ4v) is 2.66. The van der Waals surface area contributed by atoms with Crippen molar-refractivity contribution in [2.45, 2.75) is 6.92 Å². The van der Waals surface area contributed by atoms with E-state index in [4.69, 9.17) is 16.3 Å². The highest BCUT2D eigenvalue weighted by Crippen LogP contribution is 2.33. The van der Waals surface area contributed by atoms with Crippen LogP contribution in [-0.2, 0) is 4.74 Å². The Morgan fingerprint density at radius 3 is 2.90 bits per heavy atom. The third kappa shape index (κ3) is 3.20. The van der Waals surface area contributed by atoms with Gasteiger partial charge >= 0.3 is 5.97 Å². The number of aromatic nitrogens is 1. The zero-order valence-electron chi connectivity index (χ0n) is 11.0. The van der Waals surface area contributed by atoms with Gasteiger partial charge in [0.15, 0.2) is 15.2 Å². The Morgan fingerprint density at radius 1 is 1.45 bits per heavy atom. The first-order chi connectivity index (χ1) is 9.65. The Kier molecular flexibility index (Phi) is 4.81. The van der Waals surface area contributed by atoms with E-state index in [2.05, 4.69) is 15.0 Å². The van der Waals surface area contributed by atoms with Gasteiger partial charge < -0.3 is 14.8 Å². The lowest BCUT2D eigenvalue weighted by molar-refractivity contribution is 0.0606. The normalized spacial score (nSPS) is 10.2. The molecule has 0 radical (unpaired) electrons. The first kappa shape index (κ1) is 14.6. The molecule has 2 rings (SSSR count). The van der Waals surface area contributed by atoms with E-state index in [1.54, 1.807) is 0 Å². The van der Waals surface area contributed by atoms with E-state index < -0.39 is 5.97 Å². The quantitative estimate of drug-likeness (QED) is 0.852. The van der Waals surface area contributed by atoms with E-state index in [-0.39, 0.29) is 10.0 Å². The molecule has 0 fully saturated rings. The van der Waals surface area contributed by atoms with Gasteiger partial charge in [0.1, 0.15) is 5.75 Å². The molecule has 5 nitrogen and oxygen atoms in total. The number of halogens is 1. The van der Waals surface area contributed by atoms with Gasteiger partial charge in [-0.2, -0.15) is 0 Å². The van der Waals surface area contributed by atoms with Gasteiger partial charge in [-0.05, 0) is 19.1 Å². The van der Waals surface area contributed by atoms with E-state index in [9.17, 15) is 4.79 Å². The van der Waals surface area contributed by atoms with E-state index in [1.165, 1.54) is 7.11 Å². The average Bonchev–Trinajstić information content (AvgIpc) is 2.81. The van der Waals surface area contributed by atoms with Gasteiger partial charge in [-0.3, -0.25) is 0 Å². The SMILES string of the molecule is CCOc1ccccc1Nc1nc(Cl)c(C(=O)OC)s1. The molecule has 0 aliphatic carbocycles. The van der Waals surface area contributed by atoms with Crippen LogP contribution in [0.2, 0.25) is 5.15 Å². The Bertz CT molecular complexity index is 615. The second kappa shape index (κ2) is 6.58. The van der Waals surface area contributed by atoms with Crippen molar-refractivity contribution in [1.82, 2.24) is 4.98 Å². The Hall–Kier alpha value is -1.79. The number of anilines is 2. The van der Waals surface area contributed by atoms with Crippen LogP contribution in [0.25, 0.3) is 0 Å². The van der Waals surface area contributed by atoms with Crippen molar-refractivity contribution < 1.29 is 14.3 Å². The minimum atomic E-state index is -0.501. The fourth-order valence-electron chi connectivity index (χ4n) is 1.54. The summed E-state index contributed by atoms with van der Waals surface area (Å²) < 4.78 is 10.1. The summed E-state index contributed by atoms with van der Waals surface area (Å²) in [6.07, 6.45) is 0. The Balaban J connectivity index is 2.24. The van der Waals surface area contributed by atoms with Gasteiger partial charge in [0.25, 0.3) is 0 Å². The number of ether oxygens (including phenoxy) is 2. The molecule has 0 unspecified atom stereocenters. The highest BCUT2D eigenvalue weighted by atomic mass is 35.5. The fraction of sp³-hybridized carbons (Fsp3) is 0.231. The van der Waals surface area contributed by atoms with Crippen molar-refractivity contribution in [2.24, 2.45) is 0 Å². The Morgan fingerprint density at radius 2 is 2.20 bits per heavy atom. The van der Waals surface area contributed by atoms with Gasteiger partial charge in [0.2, 0.25) is 0 Å². The van der Waals surface area contributed by atoms with E-state index in [0.717, 1.165) is 17.0 Å². The number of carbonyl (C=O) groups is 1. The van der Waals surface area contributed by atoms with Crippen LogP contribution in [0.5, 0.6) is 5.75 Å². The first-order valence-electron chi connectivity index (χ1n) is 5.89. The predicted octanol–water partition coefficient (Wildman–Crippen LogP) is 3.73. The largest absolute Gasteiger partial charge is 0.492 e. The summed E-state index contributed by atoms with van der Waals surface area (Å²) in [4.78, 5) is 15.8. The van der Waals surface area contributed by atoms with Crippen molar-refractivity contribution in [3.63, 3.8) is 0 Å². The molecule has 7 heteroatoms. The summed E-state index contributed by atoms with van der Waals surface area (Å²) in [7, 11) is 1.30. The summed E-state index contributed by atoms with van der Waals surface area (Å²) in [5, 5.41) is 3.71. The molecule has 0 saturated carbocycles. The standard InChI is InChI=1S/C13H13ClN2O3S/c1-3-19-9-7-5-4-6-8(9)15-13-16-11(14)10(20-13)12(17)18-2/h4-7H,3H2,1-2H3,(H,15,16). The summed E-state index contributed by atoms with van der Waals surface area (Å²) in [5.41, 5.74) is 0.760. The predicted molar refractivity (Wildman–Crippen MR) is 79.4 cm³/mol. The van der Waals surface area contributed by atoms with Crippen LogP contribution in [0, 0.1) is 0 Å². The van der Waals surface area contributed by atoms with Crippen LogP contribution >= 0.6 is 22.9 Å². The molecule has 106 valence electrons. The third-order valence-electron chi connectivity index (χ3n) is 2.39. The Labute approximate surface area is 125 Å². The molecular formula is C13H13ClN2O3S. The second-order valence-electron chi connectivity index (χ2n) is 3.68. The molecule has 0 bridgehead atoms. The molecule has 0 saturated heterocycles. The third-order valence-corrected chi connectivity index (χ3v) is 3.72. The maximum absolute atomic E-state index is 11.5. The van der Waals surface area contributed by atoms with E-state index >= 15 is 0 Å². The van der Waals surface area contributed by atoms with Crippen molar-refractivity contribution in [3.05, 3.63) is 34.3 Å². The molecule has 0 atom stereocenters. The van der Waals surface area contributed by atoms with Crippen LogP contribution in [-0.4, -0.2) is 24.7 Å². The molecule has 1 N–H and O–H groups in total. The van der Waals surface area contributed by atoms with Crippen molar-refractivity contribution in [1.29, 1.82) is 0 Å². The lowest BCUT2D eigenvalue weighted by Crippen LogP contribution is -1.98. The van der Waals surface area contributed by atoms with Crippen molar-refractivity contribution in [2.75, 3.05) is 19.0 Å². The van der Waals surface area contributed by atoms with Crippen LogP contribution in [0.4, 0.5) is 10.8 Å². The molecular weight excluding hydrogens is 300 g/mol. The number of benzene rings is 1. The van der Waals surface area contributed by atoms with Crippen LogP contribution in [0.3, 0.4) is 0 Å². The summed E-state index contributed by atoms with van der Waals surface area (Å²) in [6.45, 7) is 2.47. The minimum Gasteiger partial charge on any atom is -0.492 e. The van der Waals surface area contributed by atoms with Crippen LogP contribution in [0.1, 0.15) is 16.6 Å². The number of thiazole rings is 1. The topological polar surface area (TPSA) is 60.5 Å². The average molecular weight is 313 g/mol. The molecule has 20 heavy (non-hydrogen) atoms. The first-order valence-corrected chi connectivity index (χ1v) is 7.08. The highest BCUT2D eigenvalue weighted by molar-refractivity contribution is 7.18. The summed E-state index contributed by atoms with van der Waals surface area (Å²) >= 11 is 7.04. The number of carbonyl (C=O) groups excluding carboxylic acids is 1. The van der Waals surface area contributed by atoms with Crippen LogP contribution < -0.4 is 10.1 Å². The van der Waals surface area contributed by atoms with Gasteiger partial charge in [-0.25, -0.2) is 9.78 Å². The summed E-state index contributed by atoms with van der Waals surface area (Å²) in [5.74, 6) is 0.208. The molecule has 0 aliphatic rings. The number of nitrogens with zero attached hydrogens (tertiary/aromatic N) is 1. The zero-order chi connectivity index (χ0) is 14.5. The van der Waals surface area contributed by atoms with Gasteiger partial charge in [-0.15, -0.1) is 0 Å². The van der Waals surface area contributed by atoms with Crippen molar-refractivity contribution >= 4 is 39.7 Å². The lowest BCUT2D eigenvalue weighted by atomic mass is 10.3. The second-order valence-corrected chi connectivity index (χ2v) is 5.04. The molecule has 2 aromatic rings. The van der Waals surface area contributed by atoms with Gasteiger partial charge in [0, 0.05) is 0 Å². The van der Waals surface area contributed by atoms with Gasteiger partial charge in [-0.1, -0.05) is 35.1 Å².